The van der Waals surface area contributed by atoms with Crippen molar-refractivity contribution in [3.05, 3.63) is 35.9 Å². The van der Waals surface area contributed by atoms with Crippen LogP contribution in [0.15, 0.2) is 30.3 Å². The molecule has 0 aliphatic heterocycles. The van der Waals surface area contributed by atoms with E-state index in [4.69, 9.17) is 16.6 Å². The molecule has 0 atom stereocenters. The summed E-state index contributed by atoms with van der Waals surface area (Å²) in [5, 5.41) is 16.7. The molecule has 0 fully saturated rings. The third kappa shape index (κ3) is 2.09. The molecule has 0 bridgehead atoms. The first-order chi connectivity index (χ1) is 5.70. The predicted octanol–water partition coefficient (Wildman–Crippen LogP) is 0.495. The smallest absolute Gasteiger partial charge is 0.191 e. The Balaban J connectivity index is 2.73. The van der Waals surface area contributed by atoms with Gasteiger partial charge in [-0.2, -0.15) is 0 Å². The summed E-state index contributed by atoms with van der Waals surface area (Å²) in [4.78, 5) is 0. The molecule has 1 aromatic carbocycles. The van der Waals surface area contributed by atoms with Gasteiger partial charge in [-0.3, -0.25) is 10.8 Å². The van der Waals surface area contributed by atoms with E-state index in [1.807, 2.05) is 18.2 Å². The van der Waals surface area contributed by atoms with E-state index in [0.29, 0.717) is 5.56 Å². The Morgan fingerprint density at radius 2 is 1.75 bits per heavy atom. The molecule has 0 heterocycles. The summed E-state index contributed by atoms with van der Waals surface area (Å²) in [6.45, 7) is 0. The van der Waals surface area contributed by atoms with Gasteiger partial charge in [-0.25, -0.2) is 0 Å². The largest absolute Gasteiger partial charge is 0.370 e. The predicted molar refractivity (Wildman–Crippen MR) is 48.3 cm³/mol. The molecule has 62 valence electrons. The van der Waals surface area contributed by atoms with Gasteiger partial charge in [0.2, 0.25) is 0 Å². The van der Waals surface area contributed by atoms with E-state index in [0.717, 1.165) is 0 Å². The van der Waals surface area contributed by atoms with Crippen LogP contribution in [-0.4, -0.2) is 11.8 Å². The Hall–Kier alpha value is -1.84. The Morgan fingerprint density at radius 1 is 1.17 bits per heavy atom. The van der Waals surface area contributed by atoms with Crippen molar-refractivity contribution in [2.24, 2.45) is 5.73 Å². The average molecular weight is 162 g/mol. The number of guanidine groups is 1. The zero-order valence-corrected chi connectivity index (χ0v) is 6.46. The van der Waals surface area contributed by atoms with Crippen LogP contribution in [0.4, 0.5) is 0 Å². The maximum Gasteiger partial charge on any atom is 0.191 e. The van der Waals surface area contributed by atoms with Crippen LogP contribution < -0.4 is 11.1 Å². The van der Waals surface area contributed by atoms with Crippen molar-refractivity contribution in [1.29, 1.82) is 10.8 Å². The highest BCUT2D eigenvalue weighted by atomic mass is 15.1. The highest BCUT2D eigenvalue weighted by Gasteiger charge is 1.98. The van der Waals surface area contributed by atoms with Gasteiger partial charge >= 0.3 is 0 Å². The van der Waals surface area contributed by atoms with Crippen LogP contribution in [0, 0.1) is 10.8 Å². The minimum Gasteiger partial charge on any atom is -0.370 e. The molecule has 0 radical (unpaired) electrons. The Bertz CT molecular complexity index is 291. The molecule has 0 aliphatic carbocycles. The highest BCUT2D eigenvalue weighted by molar-refractivity contribution is 6.05. The third-order valence-electron chi connectivity index (χ3n) is 1.32. The molecule has 0 aliphatic rings. The van der Waals surface area contributed by atoms with Crippen molar-refractivity contribution in [1.82, 2.24) is 5.32 Å². The lowest BCUT2D eigenvalue weighted by Gasteiger charge is -2.04. The lowest BCUT2D eigenvalue weighted by atomic mass is 10.2. The van der Waals surface area contributed by atoms with E-state index in [1.54, 1.807) is 12.1 Å². The monoisotopic (exact) mass is 162 g/mol. The summed E-state index contributed by atoms with van der Waals surface area (Å²) in [6, 6.07) is 9.07. The van der Waals surface area contributed by atoms with Crippen molar-refractivity contribution >= 4 is 11.8 Å². The average Bonchev–Trinajstić information content (AvgIpc) is 2.05. The van der Waals surface area contributed by atoms with Gasteiger partial charge in [0.1, 0.15) is 5.84 Å². The highest BCUT2D eigenvalue weighted by Crippen LogP contribution is 1.96. The molecular weight excluding hydrogens is 152 g/mol. The van der Waals surface area contributed by atoms with Crippen molar-refractivity contribution in [3.8, 4) is 0 Å². The lowest BCUT2D eigenvalue weighted by Crippen LogP contribution is -2.35. The minimum atomic E-state index is -0.219. The molecule has 12 heavy (non-hydrogen) atoms. The van der Waals surface area contributed by atoms with Gasteiger partial charge in [-0.15, -0.1) is 0 Å². The molecule has 0 aromatic heterocycles. The first kappa shape index (κ1) is 8.26. The maximum atomic E-state index is 7.43. The Morgan fingerprint density at radius 3 is 2.25 bits per heavy atom. The van der Waals surface area contributed by atoms with Gasteiger partial charge < -0.3 is 11.1 Å². The van der Waals surface area contributed by atoms with Crippen molar-refractivity contribution < 1.29 is 0 Å². The zero-order valence-electron chi connectivity index (χ0n) is 6.46. The fraction of sp³-hybridized carbons (Fsp3) is 0. The number of nitrogens with one attached hydrogen (secondary N) is 3. The maximum absolute atomic E-state index is 7.43. The molecule has 4 heteroatoms. The number of amidine groups is 1. The molecule has 0 unspecified atom stereocenters. The summed E-state index contributed by atoms with van der Waals surface area (Å²) >= 11 is 0. The molecule has 0 saturated heterocycles. The van der Waals surface area contributed by atoms with Gasteiger partial charge in [-0.1, -0.05) is 30.3 Å². The topological polar surface area (TPSA) is 85.8 Å². The van der Waals surface area contributed by atoms with E-state index in [9.17, 15) is 0 Å². The van der Waals surface area contributed by atoms with Gasteiger partial charge in [0.15, 0.2) is 5.96 Å². The molecule has 0 amide bonds. The van der Waals surface area contributed by atoms with Gasteiger partial charge in [0.05, 0.1) is 0 Å². The van der Waals surface area contributed by atoms with Crippen LogP contribution in [0.25, 0.3) is 0 Å². The summed E-state index contributed by atoms with van der Waals surface area (Å²) in [5.41, 5.74) is 5.78. The molecule has 5 N–H and O–H groups in total. The Kier molecular flexibility index (Phi) is 2.42. The van der Waals surface area contributed by atoms with E-state index in [-0.39, 0.29) is 11.8 Å². The number of benzene rings is 1. The summed E-state index contributed by atoms with van der Waals surface area (Å²) in [7, 11) is 0. The molecule has 0 spiro atoms. The SMILES string of the molecule is N=C(N)NC(=N)c1ccccc1. The molecule has 1 rings (SSSR count). The minimum absolute atomic E-state index is 0.142. The fourth-order valence-corrected chi connectivity index (χ4v) is 0.812. The quantitative estimate of drug-likeness (QED) is 0.358. The number of rotatable bonds is 1. The third-order valence-corrected chi connectivity index (χ3v) is 1.32. The van der Waals surface area contributed by atoms with Crippen LogP contribution in [0.2, 0.25) is 0 Å². The van der Waals surface area contributed by atoms with Gasteiger partial charge in [0, 0.05) is 5.56 Å². The van der Waals surface area contributed by atoms with Crippen LogP contribution >= 0.6 is 0 Å². The summed E-state index contributed by atoms with van der Waals surface area (Å²) in [6.07, 6.45) is 0. The standard InChI is InChI=1S/C8H10N4/c9-7(12-8(10)11)6-4-2-1-3-5-6/h1-5H,(H5,9,10,11,12). The van der Waals surface area contributed by atoms with Crippen LogP contribution in [0.5, 0.6) is 0 Å². The van der Waals surface area contributed by atoms with Crippen molar-refractivity contribution in [2.45, 2.75) is 0 Å². The van der Waals surface area contributed by atoms with Crippen LogP contribution in [0.3, 0.4) is 0 Å². The van der Waals surface area contributed by atoms with E-state index in [1.165, 1.54) is 0 Å². The number of nitrogens with two attached hydrogens (primary N) is 1. The molecule has 1 aromatic rings. The van der Waals surface area contributed by atoms with E-state index < -0.39 is 0 Å². The second-order valence-electron chi connectivity index (χ2n) is 2.28. The van der Waals surface area contributed by atoms with Crippen LogP contribution in [-0.2, 0) is 0 Å². The second kappa shape index (κ2) is 3.52. The van der Waals surface area contributed by atoms with E-state index in [2.05, 4.69) is 5.32 Å². The lowest BCUT2D eigenvalue weighted by molar-refractivity contribution is 1.21. The summed E-state index contributed by atoms with van der Waals surface area (Å²) in [5.74, 6) is -0.0769. The first-order valence-electron chi connectivity index (χ1n) is 3.45. The van der Waals surface area contributed by atoms with E-state index >= 15 is 0 Å². The molecular formula is C8H10N4. The second-order valence-corrected chi connectivity index (χ2v) is 2.28. The number of hydrogen-bond donors (Lipinski definition) is 4. The van der Waals surface area contributed by atoms with Crippen molar-refractivity contribution in [3.63, 3.8) is 0 Å². The molecule has 4 nitrogen and oxygen atoms in total. The fourth-order valence-electron chi connectivity index (χ4n) is 0.812. The molecule has 0 saturated carbocycles. The zero-order chi connectivity index (χ0) is 8.97. The van der Waals surface area contributed by atoms with Crippen LogP contribution in [0.1, 0.15) is 5.56 Å². The first-order valence-corrected chi connectivity index (χ1v) is 3.45. The Labute approximate surface area is 70.4 Å². The van der Waals surface area contributed by atoms with Gasteiger partial charge in [0.25, 0.3) is 0 Å². The van der Waals surface area contributed by atoms with Crippen molar-refractivity contribution in [2.75, 3.05) is 0 Å². The van der Waals surface area contributed by atoms with Gasteiger partial charge in [-0.05, 0) is 0 Å². The normalized spacial score (nSPS) is 9.00. The number of hydrogen-bond acceptors (Lipinski definition) is 2. The summed E-state index contributed by atoms with van der Waals surface area (Å²) < 4.78 is 0.